The third-order valence-electron chi connectivity index (χ3n) is 3.08. The van der Waals surface area contributed by atoms with Gasteiger partial charge in [0.25, 0.3) is 6.43 Å². The van der Waals surface area contributed by atoms with Crippen molar-refractivity contribution in [3.63, 3.8) is 0 Å². The van der Waals surface area contributed by atoms with Gasteiger partial charge in [-0.2, -0.15) is 0 Å². The van der Waals surface area contributed by atoms with Crippen molar-refractivity contribution in [3.8, 4) is 0 Å². The second-order valence-electron chi connectivity index (χ2n) is 4.79. The molecule has 17 heavy (non-hydrogen) atoms. The van der Waals surface area contributed by atoms with Crippen LogP contribution in [0.1, 0.15) is 13.8 Å². The van der Waals surface area contributed by atoms with E-state index in [2.05, 4.69) is 0 Å². The number of piperazine rings is 1. The van der Waals surface area contributed by atoms with Gasteiger partial charge < -0.3 is 10.6 Å². The highest BCUT2D eigenvalue weighted by atomic mass is 19.3. The number of hydrogen-bond donors (Lipinski definition) is 1. The molecule has 100 valence electrons. The van der Waals surface area contributed by atoms with Crippen LogP contribution in [0.5, 0.6) is 0 Å². The number of alkyl halides is 2. The maximum Gasteiger partial charge on any atom is 0.251 e. The Morgan fingerprint density at radius 1 is 1.24 bits per heavy atom. The van der Waals surface area contributed by atoms with E-state index in [9.17, 15) is 13.6 Å². The van der Waals surface area contributed by atoms with E-state index in [0.29, 0.717) is 26.2 Å². The number of carbonyl (C=O) groups excluding carboxylic acids is 1. The average molecular weight is 249 g/mol. The molecule has 1 saturated heterocycles. The summed E-state index contributed by atoms with van der Waals surface area (Å²) >= 11 is 0. The molecule has 6 heteroatoms. The molecule has 1 heterocycles. The number of nitrogens with two attached hydrogens (primary N) is 1. The summed E-state index contributed by atoms with van der Waals surface area (Å²) in [6, 6.07) is -0.489. The van der Waals surface area contributed by atoms with Crippen LogP contribution in [0.4, 0.5) is 8.78 Å². The van der Waals surface area contributed by atoms with E-state index in [4.69, 9.17) is 5.73 Å². The second kappa shape index (κ2) is 6.26. The average Bonchev–Trinajstić information content (AvgIpc) is 2.27. The molecule has 1 aliphatic heterocycles. The molecule has 0 saturated carbocycles. The van der Waals surface area contributed by atoms with Crippen molar-refractivity contribution in [1.29, 1.82) is 0 Å². The number of amides is 1. The number of carbonyl (C=O) groups is 1. The lowest BCUT2D eigenvalue weighted by Gasteiger charge is -2.36. The molecule has 0 aromatic heterocycles. The minimum Gasteiger partial charge on any atom is -0.339 e. The summed E-state index contributed by atoms with van der Waals surface area (Å²) < 4.78 is 24.3. The van der Waals surface area contributed by atoms with Crippen LogP contribution in [-0.4, -0.2) is 60.9 Å². The molecule has 1 atom stereocenters. The predicted molar refractivity (Wildman–Crippen MR) is 61.8 cm³/mol. The van der Waals surface area contributed by atoms with Crippen LogP contribution in [0.3, 0.4) is 0 Å². The smallest absolute Gasteiger partial charge is 0.251 e. The van der Waals surface area contributed by atoms with Gasteiger partial charge in [-0.05, 0) is 5.92 Å². The summed E-state index contributed by atoms with van der Waals surface area (Å²) in [4.78, 5) is 15.3. The van der Waals surface area contributed by atoms with Gasteiger partial charge in [0.1, 0.15) is 0 Å². The van der Waals surface area contributed by atoms with E-state index < -0.39 is 12.5 Å². The standard InChI is InChI=1S/C11H21F2N3O/c1-8(2)10(14)11(17)16-5-3-15(4-6-16)7-9(12)13/h8-10H,3-7,14H2,1-2H3/t10-/m0/s1. The fraction of sp³-hybridized carbons (Fsp3) is 0.909. The van der Waals surface area contributed by atoms with Gasteiger partial charge in [0.2, 0.25) is 5.91 Å². The van der Waals surface area contributed by atoms with E-state index >= 15 is 0 Å². The van der Waals surface area contributed by atoms with Crippen molar-refractivity contribution in [2.45, 2.75) is 26.3 Å². The Morgan fingerprint density at radius 3 is 2.18 bits per heavy atom. The summed E-state index contributed by atoms with van der Waals surface area (Å²) in [7, 11) is 0. The second-order valence-corrected chi connectivity index (χ2v) is 4.79. The summed E-state index contributed by atoms with van der Waals surface area (Å²) in [6.07, 6.45) is -2.31. The fourth-order valence-corrected chi connectivity index (χ4v) is 1.84. The molecule has 0 unspecified atom stereocenters. The Balaban J connectivity index is 2.39. The molecule has 1 rings (SSSR count). The molecule has 0 aromatic carbocycles. The van der Waals surface area contributed by atoms with Gasteiger partial charge >= 0.3 is 0 Å². The van der Waals surface area contributed by atoms with Crippen LogP contribution in [0.15, 0.2) is 0 Å². The Kier molecular flexibility index (Phi) is 5.27. The molecule has 0 spiro atoms. The van der Waals surface area contributed by atoms with Crippen molar-refractivity contribution in [2.75, 3.05) is 32.7 Å². The summed E-state index contributed by atoms with van der Waals surface area (Å²) in [5.41, 5.74) is 5.78. The zero-order valence-corrected chi connectivity index (χ0v) is 10.4. The third kappa shape index (κ3) is 4.20. The first kappa shape index (κ1) is 14.3. The summed E-state index contributed by atoms with van der Waals surface area (Å²) in [6.45, 7) is 5.57. The highest BCUT2D eigenvalue weighted by molar-refractivity contribution is 5.82. The highest BCUT2D eigenvalue weighted by Gasteiger charge is 2.27. The third-order valence-corrected chi connectivity index (χ3v) is 3.08. The molecule has 0 bridgehead atoms. The van der Waals surface area contributed by atoms with Gasteiger partial charge in [-0.3, -0.25) is 9.69 Å². The van der Waals surface area contributed by atoms with Crippen LogP contribution in [-0.2, 0) is 4.79 Å². The molecule has 4 nitrogen and oxygen atoms in total. The molecule has 2 N–H and O–H groups in total. The van der Waals surface area contributed by atoms with Crippen molar-refractivity contribution in [3.05, 3.63) is 0 Å². The summed E-state index contributed by atoms with van der Waals surface area (Å²) in [5.74, 6) is 0.0262. The van der Waals surface area contributed by atoms with Gasteiger partial charge in [-0.1, -0.05) is 13.8 Å². The van der Waals surface area contributed by atoms with Crippen molar-refractivity contribution < 1.29 is 13.6 Å². The molecule has 0 radical (unpaired) electrons. The Bertz CT molecular complexity index is 253. The van der Waals surface area contributed by atoms with Gasteiger partial charge in [0, 0.05) is 26.2 Å². The Labute approximate surface area is 101 Å². The first-order valence-corrected chi connectivity index (χ1v) is 5.96. The van der Waals surface area contributed by atoms with Gasteiger partial charge in [0.05, 0.1) is 12.6 Å². The van der Waals surface area contributed by atoms with Crippen LogP contribution >= 0.6 is 0 Å². The molecule has 1 aliphatic rings. The first-order valence-electron chi connectivity index (χ1n) is 5.96. The molecule has 1 fully saturated rings. The van der Waals surface area contributed by atoms with E-state index in [-0.39, 0.29) is 18.4 Å². The maximum absolute atomic E-state index is 12.2. The topological polar surface area (TPSA) is 49.6 Å². The molecular formula is C11H21F2N3O. The zero-order valence-electron chi connectivity index (χ0n) is 10.4. The molecule has 0 aromatic rings. The number of hydrogen-bond acceptors (Lipinski definition) is 3. The Hall–Kier alpha value is -0.750. The van der Waals surface area contributed by atoms with Crippen LogP contribution in [0.2, 0.25) is 0 Å². The van der Waals surface area contributed by atoms with Crippen LogP contribution in [0, 0.1) is 5.92 Å². The number of rotatable bonds is 4. The Morgan fingerprint density at radius 2 is 1.76 bits per heavy atom. The van der Waals surface area contributed by atoms with Crippen molar-refractivity contribution >= 4 is 5.91 Å². The lowest BCUT2D eigenvalue weighted by Crippen LogP contribution is -2.54. The van der Waals surface area contributed by atoms with Gasteiger partial charge in [0.15, 0.2) is 0 Å². The predicted octanol–water partition coefficient (Wildman–Crippen LogP) is 0.379. The molecule has 1 amide bonds. The zero-order chi connectivity index (χ0) is 13.0. The van der Waals surface area contributed by atoms with E-state index in [1.54, 1.807) is 9.80 Å². The summed E-state index contributed by atoms with van der Waals surface area (Å²) in [5, 5.41) is 0. The lowest BCUT2D eigenvalue weighted by atomic mass is 10.0. The molecule has 0 aliphatic carbocycles. The van der Waals surface area contributed by atoms with E-state index in [0.717, 1.165) is 0 Å². The van der Waals surface area contributed by atoms with E-state index in [1.165, 1.54) is 0 Å². The van der Waals surface area contributed by atoms with Gasteiger partial charge in [-0.25, -0.2) is 8.78 Å². The first-order chi connectivity index (χ1) is 7.91. The fourth-order valence-electron chi connectivity index (χ4n) is 1.84. The monoisotopic (exact) mass is 249 g/mol. The van der Waals surface area contributed by atoms with Crippen LogP contribution < -0.4 is 5.73 Å². The maximum atomic E-state index is 12.2. The highest BCUT2D eigenvalue weighted by Crippen LogP contribution is 2.09. The van der Waals surface area contributed by atoms with Crippen molar-refractivity contribution in [1.82, 2.24) is 9.80 Å². The molecular weight excluding hydrogens is 228 g/mol. The largest absolute Gasteiger partial charge is 0.339 e. The number of halogens is 2. The van der Waals surface area contributed by atoms with Crippen LogP contribution in [0.25, 0.3) is 0 Å². The number of nitrogens with zero attached hydrogens (tertiary/aromatic N) is 2. The van der Waals surface area contributed by atoms with Gasteiger partial charge in [-0.15, -0.1) is 0 Å². The SMILES string of the molecule is CC(C)[C@H](N)C(=O)N1CCN(CC(F)F)CC1. The lowest BCUT2D eigenvalue weighted by molar-refractivity contribution is -0.135. The minimum atomic E-state index is -2.31. The quantitative estimate of drug-likeness (QED) is 0.783. The van der Waals surface area contributed by atoms with Crippen molar-refractivity contribution in [2.24, 2.45) is 11.7 Å². The minimum absolute atomic E-state index is 0.0725. The van der Waals surface area contributed by atoms with E-state index in [1.807, 2.05) is 13.8 Å². The normalized spacial score (nSPS) is 20.1.